The van der Waals surface area contributed by atoms with E-state index in [-0.39, 0.29) is 11.7 Å². The van der Waals surface area contributed by atoms with Crippen LogP contribution in [-0.2, 0) is 4.74 Å². The number of benzene rings is 2. The van der Waals surface area contributed by atoms with Gasteiger partial charge in [-0.3, -0.25) is 10.2 Å². The molecule has 9 nitrogen and oxygen atoms in total. The molecule has 0 unspecified atom stereocenters. The van der Waals surface area contributed by atoms with Crippen molar-refractivity contribution in [3.8, 4) is 10.4 Å². The first kappa shape index (κ1) is 26.5. The van der Waals surface area contributed by atoms with Gasteiger partial charge in [-0.15, -0.1) is 0 Å². The van der Waals surface area contributed by atoms with Crippen molar-refractivity contribution in [3.05, 3.63) is 59.4 Å². The smallest absolute Gasteiger partial charge is 0.323 e. The summed E-state index contributed by atoms with van der Waals surface area (Å²) in [7, 11) is 0. The van der Waals surface area contributed by atoms with Crippen molar-refractivity contribution in [2.75, 3.05) is 55.3 Å². The second-order valence-electron chi connectivity index (χ2n) is 8.81. The highest BCUT2D eigenvalue weighted by molar-refractivity contribution is 7.10. The summed E-state index contributed by atoms with van der Waals surface area (Å²) in [6, 6.07) is 11.0. The summed E-state index contributed by atoms with van der Waals surface area (Å²) in [4.78, 5) is 27.9. The molecule has 0 aliphatic carbocycles. The Hall–Kier alpha value is -3.54. The largest absolute Gasteiger partial charge is 0.379 e. The Kier molecular flexibility index (Phi) is 9.04. The van der Waals surface area contributed by atoms with Crippen molar-refractivity contribution < 1.29 is 18.7 Å². The van der Waals surface area contributed by atoms with Crippen molar-refractivity contribution in [1.82, 2.24) is 14.6 Å². The Labute approximate surface area is 219 Å². The van der Waals surface area contributed by atoms with E-state index in [2.05, 4.69) is 30.5 Å². The van der Waals surface area contributed by atoms with Crippen molar-refractivity contribution in [1.29, 1.82) is 0 Å². The Morgan fingerprint density at radius 1 is 1.03 bits per heavy atom. The van der Waals surface area contributed by atoms with E-state index in [4.69, 9.17) is 4.74 Å². The minimum atomic E-state index is -0.534. The number of halogens is 1. The fourth-order valence-electron chi connectivity index (χ4n) is 3.93. The number of aromatic nitrogens is 1. The predicted molar refractivity (Wildman–Crippen MR) is 145 cm³/mol. The summed E-state index contributed by atoms with van der Waals surface area (Å²) >= 11 is 1.29. The summed E-state index contributed by atoms with van der Waals surface area (Å²) in [6.07, 6.45) is 0.868. The molecule has 4 amide bonds. The van der Waals surface area contributed by atoms with Gasteiger partial charge in [0.25, 0.3) is 0 Å². The molecule has 196 valence electrons. The summed E-state index contributed by atoms with van der Waals surface area (Å²) in [5.74, 6) is 0.0234. The highest BCUT2D eigenvalue weighted by atomic mass is 32.1. The molecule has 37 heavy (non-hydrogen) atoms. The van der Waals surface area contributed by atoms with Crippen molar-refractivity contribution in [2.45, 2.75) is 20.3 Å². The molecule has 0 atom stereocenters. The number of nitrogens with one attached hydrogen (secondary N) is 4. The minimum Gasteiger partial charge on any atom is -0.379 e. The number of amides is 4. The molecule has 1 fully saturated rings. The standard InChI is InChI=1S/C26H31FN6O3S/c1-17-4-9-21(27)22(16-17)30-26(35)29-20-7-5-19(6-8-20)23-18(2)24(32-37-23)31-25(34)28-10-3-11-33-12-14-36-15-13-33/h4-9,16H,3,10-15H2,1-2H3,(H2,29,30,35)(H2,28,31,32,34). The number of morpholine rings is 1. The third-order valence-corrected chi connectivity index (χ3v) is 6.97. The highest BCUT2D eigenvalue weighted by Gasteiger charge is 2.15. The van der Waals surface area contributed by atoms with Gasteiger partial charge in [0, 0.05) is 30.9 Å². The van der Waals surface area contributed by atoms with Crippen LogP contribution in [0.3, 0.4) is 0 Å². The number of carbonyl (C=O) groups excluding carboxylic acids is 2. The normalized spacial score (nSPS) is 13.7. The van der Waals surface area contributed by atoms with E-state index >= 15 is 0 Å². The number of carbonyl (C=O) groups is 2. The molecule has 0 radical (unpaired) electrons. The lowest BCUT2D eigenvalue weighted by Gasteiger charge is -2.26. The average Bonchev–Trinajstić information content (AvgIpc) is 3.25. The number of hydrogen-bond donors (Lipinski definition) is 4. The van der Waals surface area contributed by atoms with Gasteiger partial charge in [0.15, 0.2) is 5.82 Å². The van der Waals surface area contributed by atoms with E-state index in [1.807, 2.05) is 26.0 Å². The SMILES string of the molecule is Cc1ccc(F)c(NC(=O)Nc2ccc(-c3snc(NC(=O)NCCCN4CCOCC4)c3C)cc2)c1. The zero-order chi connectivity index (χ0) is 26.2. The third kappa shape index (κ3) is 7.48. The monoisotopic (exact) mass is 526 g/mol. The first-order valence-corrected chi connectivity index (χ1v) is 12.9. The molecule has 4 N–H and O–H groups in total. The van der Waals surface area contributed by atoms with Gasteiger partial charge in [0.1, 0.15) is 5.82 Å². The number of nitrogens with zero attached hydrogens (tertiary/aromatic N) is 2. The van der Waals surface area contributed by atoms with Crippen LogP contribution in [0.2, 0.25) is 0 Å². The van der Waals surface area contributed by atoms with Gasteiger partial charge < -0.3 is 20.7 Å². The van der Waals surface area contributed by atoms with E-state index < -0.39 is 11.8 Å². The molecular weight excluding hydrogens is 495 g/mol. The number of urea groups is 2. The van der Waals surface area contributed by atoms with Gasteiger partial charge in [0.2, 0.25) is 0 Å². The summed E-state index contributed by atoms with van der Waals surface area (Å²) in [5, 5.41) is 10.9. The number of ether oxygens (including phenoxy) is 1. The zero-order valence-corrected chi connectivity index (χ0v) is 21.7. The Bertz CT molecular complexity index is 1230. The van der Waals surface area contributed by atoms with E-state index in [9.17, 15) is 14.0 Å². The van der Waals surface area contributed by atoms with Crippen molar-refractivity contribution in [3.63, 3.8) is 0 Å². The number of anilines is 3. The van der Waals surface area contributed by atoms with Crippen LogP contribution in [0, 0.1) is 19.7 Å². The van der Waals surface area contributed by atoms with Gasteiger partial charge in [-0.05, 0) is 73.7 Å². The number of hydrogen-bond acceptors (Lipinski definition) is 6. The summed E-state index contributed by atoms with van der Waals surface area (Å²) < 4.78 is 23.6. The molecule has 0 saturated carbocycles. The highest BCUT2D eigenvalue weighted by Crippen LogP contribution is 2.33. The Morgan fingerprint density at radius 2 is 1.78 bits per heavy atom. The third-order valence-electron chi connectivity index (χ3n) is 5.97. The van der Waals surface area contributed by atoms with Crippen LogP contribution in [0.5, 0.6) is 0 Å². The van der Waals surface area contributed by atoms with Crippen LogP contribution in [0.4, 0.5) is 31.2 Å². The number of rotatable bonds is 8. The zero-order valence-electron chi connectivity index (χ0n) is 20.9. The predicted octanol–water partition coefficient (Wildman–Crippen LogP) is 5.05. The van der Waals surface area contributed by atoms with Gasteiger partial charge in [0.05, 0.1) is 23.8 Å². The van der Waals surface area contributed by atoms with Crippen molar-refractivity contribution in [2.24, 2.45) is 0 Å². The molecule has 1 aliphatic rings. The first-order chi connectivity index (χ1) is 17.9. The Balaban J connectivity index is 1.26. The van der Waals surface area contributed by atoms with Crippen LogP contribution in [0.15, 0.2) is 42.5 Å². The first-order valence-electron chi connectivity index (χ1n) is 12.1. The molecule has 4 rings (SSSR count). The topological polar surface area (TPSA) is 108 Å². The molecule has 2 heterocycles. The summed E-state index contributed by atoms with van der Waals surface area (Å²) in [6.45, 7) is 8.64. The van der Waals surface area contributed by atoms with E-state index in [1.165, 1.54) is 17.6 Å². The maximum atomic E-state index is 13.9. The van der Waals surface area contributed by atoms with Crippen LogP contribution in [-0.4, -0.2) is 60.7 Å². The molecule has 3 aromatic rings. The van der Waals surface area contributed by atoms with Gasteiger partial charge in [-0.25, -0.2) is 14.0 Å². The lowest BCUT2D eigenvalue weighted by molar-refractivity contribution is 0.0375. The lowest BCUT2D eigenvalue weighted by atomic mass is 10.1. The Morgan fingerprint density at radius 3 is 2.54 bits per heavy atom. The average molecular weight is 527 g/mol. The molecule has 11 heteroatoms. The number of aryl methyl sites for hydroxylation is 1. The quantitative estimate of drug-likeness (QED) is 0.307. The van der Waals surface area contributed by atoms with E-state index in [0.717, 1.165) is 60.8 Å². The molecule has 2 aromatic carbocycles. The van der Waals surface area contributed by atoms with Crippen LogP contribution < -0.4 is 21.3 Å². The molecule has 1 aliphatic heterocycles. The van der Waals surface area contributed by atoms with Gasteiger partial charge in [-0.2, -0.15) is 4.37 Å². The van der Waals surface area contributed by atoms with Crippen molar-refractivity contribution >= 4 is 40.8 Å². The van der Waals surface area contributed by atoms with Crippen LogP contribution in [0.1, 0.15) is 17.5 Å². The molecule has 1 aromatic heterocycles. The van der Waals surface area contributed by atoms with Gasteiger partial charge >= 0.3 is 12.1 Å². The van der Waals surface area contributed by atoms with E-state index in [0.29, 0.717) is 18.1 Å². The van der Waals surface area contributed by atoms with E-state index in [1.54, 1.807) is 24.3 Å². The lowest BCUT2D eigenvalue weighted by Crippen LogP contribution is -2.38. The van der Waals surface area contributed by atoms with Crippen LogP contribution in [0.25, 0.3) is 10.4 Å². The maximum Gasteiger partial charge on any atom is 0.323 e. The fourth-order valence-corrected chi connectivity index (χ4v) is 4.77. The molecular formula is C26H31FN6O3S. The second kappa shape index (κ2) is 12.6. The van der Waals surface area contributed by atoms with Gasteiger partial charge in [-0.1, -0.05) is 18.2 Å². The second-order valence-corrected chi connectivity index (χ2v) is 9.59. The molecule has 0 bridgehead atoms. The summed E-state index contributed by atoms with van der Waals surface area (Å²) in [5.41, 5.74) is 3.30. The molecule has 0 spiro atoms. The van der Waals surface area contributed by atoms with Crippen LogP contribution >= 0.6 is 11.5 Å². The minimum absolute atomic E-state index is 0.121. The fraction of sp³-hybridized carbons (Fsp3) is 0.346. The maximum absolute atomic E-state index is 13.9. The molecule has 1 saturated heterocycles.